The molecule has 1 rings (SSSR count). The monoisotopic (exact) mass is 236 g/mol. The van der Waals surface area contributed by atoms with Crippen molar-refractivity contribution in [2.75, 3.05) is 18.4 Å². The molecule has 94 valence electrons. The Morgan fingerprint density at radius 1 is 1.59 bits per heavy atom. The lowest BCUT2D eigenvalue weighted by atomic mass is 10.1. The van der Waals surface area contributed by atoms with Crippen molar-refractivity contribution in [1.29, 1.82) is 0 Å². The molecule has 0 spiro atoms. The predicted molar refractivity (Wildman–Crippen MR) is 68.7 cm³/mol. The third-order valence-corrected chi connectivity index (χ3v) is 2.62. The number of primary amides is 1. The van der Waals surface area contributed by atoms with Crippen molar-refractivity contribution in [2.24, 2.45) is 17.4 Å². The SMILES string of the molecule is CC(CN)CCCNc1ccnc(C(N)=O)c1. The molecule has 5 N–H and O–H groups in total. The summed E-state index contributed by atoms with van der Waals surface area (Å²) in [5.41, 5.74) is 11.8. The molecular formula is C12H20N4O. The van der Waals surface area contributed by atoms with Crippen LogP contribution in [0.25, 0.3) is 0 Å². The second-order valence-corrected chi connectivity index (χ2v) is 4.20. The highest BCUT2D eigenvalue weighted by molar-refractivity contribution is 5.91. The zero-order valence-corrected chi connectivity index (χ0v) is 10.1. The van der Waals surface area contributed by atoms with Gasteiger partial charge in [0.1, 0.15) is 5.69 Å². The minimum Gasteiger partial charge on any atom is -0.385 e. The van der Waals surface area contributed by atoms with Crippen LogP contribution in [0.4, 0.5) is 5.69 Å². The Hall–Kier alpha value is -1.62. The molecule has 5 heteroatoms. The van der Waals surface area contributed by atoms with Gasteiger partial charge >= 0.3 is 0 Å². The van der Waals surface area contributed by atoms with Crippen molar-refractivity contribution in [3.8, 4) is 0 Å². The minimum absolute atomic E-state index is 0.283. The van der Waals surface area contributed by atoms with Crippen LogP contribution >= 0.6 is 0 Å². The Morgan fingerprint density at radius 2 is 2.35 bits per heavy atom. The lowest BCUT2D eigenvalue weighted by molar-refractivity contribution is 0.0995. The van der Waals surface area contributed by atoms with Gasteiger partial charge in [-0.05, 0) is 37.4 Å². The lowest BCUT2D eigenvalue weighted by Gasteiger charge is -2.09. The first-order valence-corrected chi connectivity index (χ1v) is 5.83. The van der Waals surface area contributed by atoms with E-state index in [9.17, 15) is 4.79 Å². The van der Waals surface area contributed by atoms with Crippen molar-refractivity contribution < 1.29 is 4.79 Å². The lowest BCUT2D eigenvalue weighted by Crippen LogP contribution is -2.14. The Labute approximate surface area is 102 Å². The van der Waals surface area contributed by atoms with Gasteiger partial charge in [0.05, 0.1) is 0 Å². The summed E-state index contributed by atoms with van der Waals surface area (Å²) in [7, 11) is 0. The fourth-order valence-corrected chi connectivity index (χ4v) is 1.48. The van der Waals surface area contributed by atoms with Crippen molar-refractivity contribution in [3.05, 3.63) is 24.0 Å². The van der Waals surface area contributed by atoms with Crippen LogP contribution in [0, 0.1) is 5.92 Å². The number of nitrogens with two attached hydrogens (primary N) is 2. The molecule has 0 radical (unpaired) electrons. The molecule has 0 bridgehead atoms. The summed E-state index contributed by atoms with van der Waals surface area (Å²) < 4.78 is 0. The number of amides is 1. The molecule has 17 heavy (non-hydrogen) atoms. The maximum absolute atomic E-state index is 10.9. The second kappa shape index (κ2) is 6.85. The van der Waals surface area contributed by atoms with Gasteiger partial charge in [-0.25, -0.2) is 0 Å². The number of rotatable bonds is 7. The van der Waals surface area contributed by atoms with Crippen LogP contribution in [0.1, 0.15) is 30.3 Å². The first kappa shape index (κ1) is 13.4. The van der Waals surface area contributed by atoms with Crippen LogP contribution in [0.3, 0.4) is 0 Å². The number of anilines is 1. The molecule has 0 aliphatic carbocycles. The van der Waals surface area contributed by atoms with Gasteiger partial charge in [0, 0.05) is 18.4 Å². The fraction of sp³-hybridized carbons (Fsp3) is 0.500. The maximum atomic E-state index is 10.9. The number of nitrogens with one attached hydrogen (secondary N) is 1. The molecule has 1 amide bonds. The fourth-order valence-electron chi connectivity index (χ4n) is 1.48. The Kier molecular flexibility index (Phi) is 5.42. The van der Waals surface area contributed by atoms with Crippen molar-refractivity contribution in [2.45, 2.75) is 19.8 Å². The topological polar surface area (TPSA) is 94.0 Å². The van der Waals surface area contributed by atoms with E-state index in [1.54, 1.807) is 12.3 Å². The predicted octanol–water partition coefficient (Wildman–Crippen LogP) is 0.967. The number of hydrogen-bond acceptors (Lipinski definition) is 4. The van der Waals surface area contributed by atoms with Crippen LogP contribution in [-0.4, -0.2) is 24.0 Å². The average molecular weight is 236 g/mol. The first-order valence-electron chi connectivity index (χ1n) is 5.83. The molecule has 1 aromatic rings. The quantitative estimate of drug-likeness (QED) is 0.615. The van der Waals surface area contributed by atoms with E-state index in [2.05, 4.69) is 17.2 Å². The minimum atomic E-state index is -0.509. The summed E-state index contributed by atoms with van der Waals surface area (Å²) in [6.07, 6.45) is 3.72. The highest BCUT2D eigenvalue weighted by atomic mass is 16.1. The van der Waals surface area contributed by atoms with Gasteiger partial charge < -0.3 is 16.8 Å². The smallest absolute Gasteiger partial charge is 0.267 e. The highest BCUT2D eigenvalue weighted by Crippen LogP contribution is 2.09. The Bertz CT molecular complexity index is 367. The van der Waals surface area contributed by atoms with E-state index in [1.807, 2.05) is 6.07 Å². The zero-order chi connectivity index (χ0) is 12.7. The number of carbonyl (C=O) groups is 1. The van der Waals surface area contributed by atoms with E-state index in [-0.39, 0.29) is 5.69 Å². The normalized spacial score (nSPS) is 12.1. The molecule has 1 atom stereocenters. The van der Waals surface area contributed by atoms with Crippen LogP contribution in [0.2, 0.25) is 0 Å². The molecule has 0 saturated heterocycles. The van der Waals surface area contributed by atoms with E-state index >= 15 is 0 Å². The van der Waals surface area contributed by atoms with Crippen LogP contribution in [0.15, 0.2) is 18.3 Å². The average Bonchev–Trinajstić information content (AvgIpc) is 2.34. The molecule has 1 aromatic heterocycles. The van der Waals surface area contributed by atoms with E-state index in [1.165, 1.54) is 0 Å². The second-order valence-electron chi connectivity index (χ2n) is 4.20. The summed E-state index contributed by atoms with van der Waals surface area (Å²) in [4.78, 5) is 14.8. The van der Waals surface area contributed by atoms with Crippen LogP contribution in [-0.2, 0) is 0 Å². The van der Waals surface area contributed by atoms with Gasteiger partial charge in [0.15, 0.2) is 0 Å². The van der Waals surface area contributed by atoms with Gasteiger partial charge in [-0.15, -0.1) is 0 Å². The van der Waals surface area contributed by atoms with Crippen molar-refractivity contribution >= 4 is 11.6 Å². The summed E-state index contributed by atoms with van der Waals surface area (Å²) in [6.45, 7) is 3.71. The standard InChI is InChI=1S/C12H20N4O/c1-9(8-13)3-2-5-15-10-4-6-16-11(7-10)12(14)17/h4,6-7,9H,2-3,5,8,13H2,1H3,(H2,14,17)(H,15,16). The third-order valence-electron chi connectivity index (χ3n) is 2.62. The molecule has 0 aliphatic rings. The number of carbonyl (C=O) groups excluding carboxylic acids is 1. The van der Waals surface area contributed by atoms with Gasteiger partial charge in [0.25, 0.3) is 5.91 Å². The maximum Gasteiger partial charge on any atom is 0.267 e. The first-order chi connectivity index (χ1) is 8.13. The summed E-state index contributed by atoms with van der Waals surface area (Å²) in [6, 6.07) is 3.48. The van der Waals surface area contributed by atoms with Gasteiger partial charge in [-0.2, -0.15) is 0 Å². The highest BCUT2D eigenvalue weighted by Gasteiger charge is 2.03. The van der Waals surface area contributed by atoms with Crippen LogP contribution in [0.5, 0.6) is 0 Å². The molecule has 1 heterocycles. The Balaban J connectivity index is 2.36. The van der Waals surface area contributed by atoms with Gasteiger partial charge in [0.2, 0.25) is 0 Å². The van der Waals surface area contributed by atoms with E-state index < -0.39 is 5.91 Å². The van der Waals surface area contributed by atoms with Gasteiger partial charge in [-0.3, -0.25) is 9.78 Å². The number of nitrogens with zero attached hydrogens (tertiary/aromatic N) is 1. The van der Waals surface area contributed by atoms with Crippen molar-refractivity contribution in [1.82, 2.24) is 4.98 Å². The van der Waals surface area contributed by atoms with E-state index in [4.69, 9.17) is 11.5 Å². The molecular weight excluding hydrogens is 216 g/mol. The number of aromatic nitrogens is 1. The molecule has 1 unspecified atom stereocenters. The third kappa shape index (κ3) is 4.82. The number of hydrogen-bond donors (Lipinski definition) is 3. The molecule has 0 fully saturated rings. The van der Waals surface area contributed by atoms with Crippen molar-refractivity contribution in [3.63, 3.8) is 0 Å². The Morgan fingerprint density at radius 3 is 3.00 bits per heavy atom. The van der Waals surface area contributed by atoms with E-state index in [0.29, 0.717) is 5.92 Å². The number of pyridine rings is 1. The summed E-state index contributed by atoms with van der Waals surface area (Å²) in [5, 5.41) is 3.23. The molecule has 0 saturated carbocycles. The van der Waals surface area contributed by atoms with Gasteiger partial charge in [-0.1, -0.05) is 6.92 Å². The van der Waals surface area contributed by atoms with E-state index in [0.717, 1.165) is 31.6 Å². The summed E-state index contributed by atoms with van der Waals surface area (Å²) >= 11 is 0. The summed E-state index contributed by atoms with van der Waals surface area (Å²) in [5.74, 6) is 0.0424. The zero-order valence-electron chi connectivity index (χ0n) is 10.1. The largest absolute Gasteiger partial charge is 0.385 e. The molecule has 5 nitrogen and oxygen atoms in total. The molecule has 0 aliphatic heterocycles. The molecule has 0 aromatic carbocycles. The van der Waals surface area contributed by atoms with Crippen LogP contribution < -0.4 is 16.8 Å².